The summed E-state index contributed by atoms with van der Waals surface area (Å²) in [5.74, 6) is -2.78. The molecule has 1 amide bonds. The van der Waals surface area contributed by atoms with E-state index in [4.69, 9.17) is 4.74 Å². The molecule has 226 valence electrons. The van der Waals surface area contributed by atoms with Gasteiger partial charge >= 0.3 is 5.69 Å². The fraction of sp³-hybridized carbons (Fsp3) is 0.345. The van der Waals surface area contributed by atoms with Crippen LogP contribution in [0.25, 0.3) is 0 Å². The molecule has 1 saturated heterocycles. The monoisotopic (exact) mass is 595 g/mol. The molecule has 1 unspecified atom stereocenters. The normalized spacial score (nSPS) is 20.2. The van der Waals surface area contributed by atoms with Gasteiger partial charge in [0, 0.05) is 11.8 Å². The number of benzene rings is 2. The second-order valence-electron chi connectivity index (χ2n) is 10.0. The van der Waals surface area contributed by atoms with Crippen LogP contribution in [0.3, 0.4) is 0 Å². The van der Waals surface area contributed by atoms with Crippen molar-refractivity contribution in [2.45, 2.75) is 58.2 Å². The highest BCUT2D eigenvalue weighted by molar-refractivity contribution is 6.04. The molecule has 0 bridgehead atoms. The zero-order valence-electron chi connectivity index (χ0n) is 23.6. The van der Waals surface area contributed by atoms with Gasteiger partial charge in [0.1, 0.15) is 18.8 Å². The number of hydrogen-bond acceptors (Lipinski definition) is 10. The number of aliphatic hydroxyl groups excluding tert-OH is 2. The third-order valence-corrected chi connectivity index (χ3v) is 7.08. The molecule has 4 rings (SSSR count). The molecule has 2 heterocycles. The van der Waals surface area contributed by atoms with Gasteiger partial charge in [-0.25, -0.2) is 9.18 Å². The molecule has 3 N–H and O–H groups in total. The van der Waals surface area contributed by atoms with Gasteiger partial charge in [0.25, 0.3) is 5.69 Å². The maximum Gasteiger partial charge on any atom is 0.351 e. The first-order chi connectivity index (χ1) is 20.4. The Hall–Kier alpha value is -4.66. The van der Waals surface area contributed by atoms with Crippen molar-refractivity contribution in [2.24, 2.45) is 4.99 Å². The summed E-state index contributed by atoms with van der Waals surface area (Å²) in [5.41, 5.74) is 1.19. The minimum absolute atomic E-state index is 0.0128. The predicted molar refractivity (Wildman–Crippen MR) is 153 cm³/mol. The first kappa shape index (κ1) is 31.3. The number of carbonyl (C=O) groups excluding carboxylic acids is 2. The lowest BCUT2D eigenvalue weighted by Crippen LogP contribution is -2.36. The minimum Gasteiger partial charge on any atom is -0.388 e. The van der Waals surface area contributed by atoms with E-state index in [0.717, 1.165) is 11.8 Å². The van der Waals surface area contributed by atoms with Crippen LogP contribution in [0.2, 0.25) is 0 Å². The molecule has 0 spiro atoms. The van der Waals surface area contributed by atoms with Crippen LogP contribution in [0.5, 0.6) is 0 Å². The Bertz CT molecular complexity index is 1640. The number of nitro groups is 1. The third-order valence-electron chi connectivity index (χ3n) is 7.08. The molecule has 2 aromatic carbocycles. The number of aromatic nitrogens is 2. The average Bonchev–Trinajstić information content (AvgIpc) is 3.24. The molecule has 0 aliphatic carbocycles. The zero-order chi connectivity index (χ0) is 31.4. The van der Waals surface area contributed by atoms with E-state index in [9.17, 15) is 39.1 Å². The summed E-state index contributed by atoms with van der Waals surface area (Å²) in [5, 5.41) is 33.6. The minimum atomic E-state index is -1.47. The SMILES string of the molecule is CCc1ccc(C(=O)CN=C(C)c2ccc(CC(=O)Nc3nc(=O)n([C@@H]4O[C@H](C)C(O)[C@@H]4O)cc3F)cc2)c([N+](=O)[O-])c1. The average molecular weight is 596 g/mol. The lowest BCUT2D eigenvalue weighted by molar-refractivity contribution is -0.385. The molecule has 4 atom stereocenters. The first-order valence-electron chi connectivity index (χ1n) is 13.4. The van der Waals surface area contributed by atoms with E-state index >= 15 is 0 Å². The van der Waals surface area contributed by atoms with E-state index in [2.05, 4.69) is 15.3 Å². The number of halogens is 1. The number of ketones is 1. The van der Waals surface area contributed by atoms with Gasteiger partial charge in [-0.05, 0) is 43.0 Å². The molecular weight excluding hydrogens is 565 g/mol. The Balaban J connectivity index is 1.38. The Morgan fingerprint density at radius 2 is 1.84 bits per heavy atom. The maximum absolute atomic E-state index is 14.7. The Kier molecular flexibility index (Phi) is 9.53. The second kappa shape index (κ2) is 13.1. The Labute approximate surface area is 244 Å². The van der Waals surface area contributed by atoms with Crippen LogP contribution in [0.4, 0.5) is 15.9 Å². The van der Waals surface area contributed by atoms with Gasteiger partial charge in [0.2, 0.25) is 5.91 Å². The summed E-state index contributed by atoms with van der Waals surface area (Å²) < 4.78 is 20.7. The fourth-order valence-electron chi connectivity index (χ4n) is 4.55. The van der Waals surface area contributed by atoms with Crippen LogP contribution in [-0.4, -0.2) is 66.9 Å². The fourth-order valence-corrected chi connectivity index (χ4v) is 4.55. The summed E-state index contributed by atoms with van der Waals surface area (Å²) in [4.78, 5) is 56.3. The Morgan fingerprint density at radius 3 is 2.44 bits per heavy atom. The number of rotatable bonds is 10. The van der Waals surface area contributed by atoms with Crippen LogP contribution in [-0.2, 0) is 22.4 Å². The van der Waals surface area contributed by atoms with Gasteiger partial charge in [0.05, 0.1) is 29.2 Å². The maximum atomic E-state index is 14.7. The van der Waals surface area contributed by atoms with E-state index in [-0.39, 0.29) is 24.2 Å². The van der Waals surface area contributed by atoms with E-state index in [1.54, 1.807) is 37.3 Å². The molecule has 1 fully saturated rings. The van der Waals surface area contributed by atoms with Crippen molar-refractivity contribution < 1.29 is 33.9 Å². The number of nitro benzene ring substituents is 1. The smallest absolute Gasteiger partial charge is 0.351 e. The quantitative estimate of drug-likeness (QED) is 0.137. The number of anilines is 1. The van der Waals surface area contributed by atoms with Crippen LogP contribution in [0.1, 0.15) is 54.0 Å². The predicted octanol–water partition coefficient (Wildman–Crippen LogP) is 2.37. The topological polar surface area (TPSA) is 186 Å². The highest BCUT2D eigenvalue weighted by Gasteiger charge is 2.42. The number of Topliss-reactive ketones (excluding diaryl/α,β-unsaturated/α-hetero) is 1. The highest BCUT2D eigenvalue weighted by Crippen LogP contribution is 2.28. The number of nitrogens with one attached hydrogen (secondary N) is 1. The molecule has 3 aromatic rings. The highest BCUT2D eigenvalue weighted by atomic mass is 19.1. The van der Waals surface area contributed by atoms with Crippen molar-refractivity contribution in [3.8, 4) is 0 Å². The zero-order valence-corrected chi connectivity index (χ0v) is 23.6. The van der Waals surface area contributed by atoms with E-state index in [1.165, 1.54) is 19.1 Å². The summed E-state index contributed by atoms with van der Waals surface area (Å²) in [6.07, 6.45) is -3.70. The van der Waals surface area contributed by atoms with Crippen LogP contribution < -0.4 is 11.0 Å². The van der Waals surface area contributed by atoms with Crippen LogP contribution >= 0.6 is 0 Å². The van der Waals surface area contributed by atoms with Gasteiger partial charge in [-0.1, -0.05) is 37.3 Å². The number of aryl methyl sites for hydroxylation is 1. The third kappa shape index (κ3) is 7.05. The van der Waals surface area contributed by atoms with Crippen molar-refractivity contribution in [1.82, 2.24) is 9.55 Å². The van der Waals surface area contributed by atoms with Gasteiger partial charge in [-0.3, -0.25) is 29.3 Å². The number of hydrogen-bond donors (Lipinski definition) is 3. The molecule has 43 heavy (non-hydrogen) atoms. The van der Waals surface area contributed by atoms with Crippen molar-refractivity contribution in [2.75, 3.05) is 11.9 Å². The number of ether oxygens (including phenoxy) is 1. The summed E-state index contributed by atoms with van der Waals surface area (Å²) in [6, 6.07) is 11.1. The van der Waals surface area contributed by atoms with E-state index in [0.29, 0.717) is 27.8 Å². The molecule has 0 radical (unpaired) electrons. The summed E-state index contributed by atoms with van der Waals surface area (Å²) >= 11 is 0. The number of amides is 1. The lowest BCUT2D eigenvalue weighted by Gasteiger charge is -2.17. The molecule has 1 aliphatic heterocycles. The number of aliphatic imine (C=N–C) groups is 1. The van der Waals surface area contributed by atoms with Crippen LogP contribution in [0, 0.1) is 15.9 Å². The number of nitrogens with zero attached hydrogens (tertiary/aromatic N) is 4. The molecule has 13 nitrogen and oxygen atoms in total. The number of aliphatic hydroxyl groups is 2. The molecular formula is C29H30FN5O8. The second-order valence-corrected chi connectivity index (χ2v) is 10.0. The molecule has 14 heteroatoms. The van der Waals surface area contributed by atoms with Crippen molar-refractivity contribution in [3.63, 3.8) is 0 Å². The molecule has 1 aliphatic rings. The van der Waals surface area contributed by atoms with Crippen molar-refractivity contribution in [1.29, 1.82) is 0 Å². The van der Waals surface area contributed by atoms with Crippen molar-refractivity contribution >= 4 is 28.9 Å². The molecule has 1 aromatic heterocycles. The number of carbonyl (C=O) groups is 2. The van der Waals surface area contributed by atoms with Crippen molar-refractivity contribution in [3.05, 3.63) is 97.3 Å². The summed E-state index contributed by atoms with van der Waals surface area (Å²) in [7, 11) is 0. The lowest BCUT2D eigenvalue weighted by atomic mass is 10.0. The van der Waals surface area contributed by atoms with Gasteiger partial charge in [-0.2, -0.15) is 4.98 Å². The van der Waals surface area contributed by atoms with E-state index < -0.39 is 58.5 Å². The summed E-state index contributed by atoms with van der Waals surface area (Å²) in [6.45, 7) is 4.74. The van der Waals surface area contributed by atoms with Crippen LogP contribution in [0.15, 0.2) is 58.4 Å². The van der Waals surface area contributed by atoms with Gasteiger partial charge in [0.15, 0.2) is 23.6 Å². The largest absolute Gasteiger partial charge is 0.388 e. The molecule has 0 saturated carbocycles. The first-order valence-corrected chi connectivity index (χ1v) is 13.4. The van der Waals surface area contributed by atoms with Gasteiger partial charge in [-0.15, -0.1) is 0 Å². The van der Waals surface area contributed by atoms with Gasteiger partial charge < -0.3 is 20.3 Å². The Morgan fingerprint density at radius 1 is 1.16 bits per heavy atom. The standard InChI is InChI=1S/C29H30FN5O8/c1-4-17-7-10-20(22(11-17)35(41)42)23(36)13-31-15(2)19-8-5-18(6-9-19)12-24(37)32-27-21(30)14-34(29(40)33-27)28-26(39)25(38)16(3)43-28/h5-11,14,16,25-26,28,38-39H,4,12-13H2,1-3H3,(H,32,33,37,40)/t16-,25?,26+,28-/m1/s1. The van der Waals surface area contributed by atoms with E-state index in [1.807, 2.05) is 6.92 Å².